The van der Waals surface area contributed by atoms with Gasteiger partial charge in [0.05, 0.1) is 0 Å². The van der Waals surface area contributed by atoms with Crippen molar-refractivity contribution >= 4 is 115 Å². The van der Waals surface area contributed by atoms with Crippen molar-refractivity contribution in [1.29, 1.82) is 0 Å². The molecule has 6 heterocycles. The van der Waals surface area contributed by atoms with Crippen molar-refractivity contribution < 1.29 is 0 Å². The Balaban J connectivity index is 1.14. The summed E-state index contributed by atoms with van der Waals surface area (Å²) >= 11 is 0. The zero-order valence-electron chi connectivity index (χ0n) is 32.5. The van der Waals surface area contributed by atoms with Crippen LogP contribution in [0.2, 0.25) is 0 Å². The van der Waals surface area contributed by atoms with Gasteiger partial charge in [-0.25, -0.2) is 9.97 Å². The molecule has 6 nitrogen and oxygen atoms in total. The molecule has 0 spiro atoms. The molecule has 7 aromatic carbocycles. The summed E-state index contributed by atoms with van der Waals surface area (Å²) in [6.45, 7) is -0.186. The third kappa shape index (κ3) is 4.61. The molecule has 8 heteroatoms. The highest BCUT2D eigenvalue weighted by Crippen LogP contribution is 2.46. The molecular formula is C52H34B2N6. The molecule has 4 aliphatic heterocycles. The summed E-state index contributed by atoms with van der Waals surface area (Å²) in [5.41, 5.74) is 17.4. The average Bonchev–Trinajstić information content (AvgIpc) is 3.32. The van der Waals surface area contributed by atoms with Crippen LogP contribution in [-0.4, -0.2) is 23.4 Å². The summed E-state index contributed by atoms with van der Waals surface area (Å²) in [5.74, 6) is 2.80. The molecule has 0 saturated carbocycles. The SMILES string of the molecule is c1ccc(N2c3ccccc3B3c4cc5c(nc4N(c4ccccc4)c4cccc2c43)N(c2ccccc2)c2cccc3c2B5c2cccnc2N3c2ccccc2)cc1. The van der Waals surface area contributed by atoms with E-state index in [0.717, 1.165) is 68.2 Å². The summed E-state index contributed by atoms with van der Waals surface area (Å²) in [6, 6.07) is 72.1. The van der Waals surface area contributed by atoms with Gasteiger partial charge in [0.25, 0.3) is 13.4 Å². The Hall–Kier alpha value is -7.83. The van der Waals surface area contributed by atoms with Crippen molar-refractivity contribution in [2.75, 3.05) is 19.6 Å². The molecule has 0 atom stereocenters. The zero-order chi connectivity index (χ0) is 39.3. The molecule has 0 aliphatic carbocycles. The number of rotatable bonds is 4. The van der Waals surface area contributed by atoms with Crippen LogP contribution in [-0.2, 0) is 0 Å². The van der Waals surface area contributed by atoms with E-state index in [1.165, 1.54) is 33.2 Å². The highest BCUT2D eigenvalue weighted by molar-refractivity contribution is 7.03. The Morgan fingerprint density at radius 1 is 0.300 bits per heavy atom. The number of anilines is 12. The fourth-order valence-electron chi connectivity index (χ4n) is 10.3. The quantitative estimate of drug-likeness (QED) is 0.167. The van der Waals surface area contributed by atoms with Gasteiger partial charge in [-0.2, -0.15) is 0 Å². The molecule has 4 aliphatic rings. The van der Waals surface area contributed by atoms with Crippen LogP contribution in [0.25, 0.3) is 0 Å². The van der Waals surface area contributed by atoms with E-state index < -0.39 is 0 Å². The minimum absolute atomic E-state index is 0.0697. The van der Waals surface area contributed by atoms with Crippen LogP contribution in [0.5, 0.6) is 0 Å². The molecule has 2 aromatic heterocycles. The van der Waals surface area contributed by atoms with Crippen LogP contribution < -0.4 is 52.4 Å². The first kappa shape index (κ1) is 33.2. The van der Waals surface area contributed by atoms with Gasteiger partial charge >= 0.3 is 0 Å². The van der Waals surface area contributed by atoms with Crippen molar-refractivity contribution in [2.24, 2.45) is 0 Å². The summed E-state index contributed by atoms with van der Waals surface area (Å²) in [7, 11) is 0. The standard InChI is InChI=1S/C52H34B2N6/c1-5-18-35(19-6-1)57-43-28-14-13-26-39(43)53-41-34-42-52(56-51(41)59(37-22-9-3-10-23-37)46-31-15-29-44(57)48(46)53)60(38-24-11-4-12-25-38)47-32-16-30-45-49(47)54(42)40-27-17-33-55-50(40)58(45)36-20-7-2-8-21-36/h1-34H. The molecule has 0 unspecified atom stereocenters. The lowest BCUT2D eigenvalue weighted by Crippen LogP contribution is -2.65. The largest absolute Gasteiger partial charge is 0.311 e. The summed E-state index contributed by atoms with van der Waals surface area (Å²) < 4.78 is 0. The van der Waals surface area contributed by atoms with Gasteiger partial charge in [-0.1, -0.05) is 115 Å². The van der Waals surface area contributed by atoms with Crippen LogP contribution in [0, 0.1) is 0 Å². The van der Waals surface area contributed by atoms with Crippen molar-refractivity contribution in [1.82, 2.24) is 9.97 Å². The van der Waals surface area contributed by atoms with Crippen molar-refractivity contribution in [3.8, 4) is 0 Å². The predicted molar refractivity (Wildman–Crippen MR) is 250 cm³/mol. The Morgan fingerprint density at radius 2 is 0.683 bits per heavy atom. The lowest BCUT2D eigenvalue weighted by Gasteiger charge is -2.46. The van der Waals surface area contributed by atoms with Gasteiger partial charge in [0, 0.05) is 57.4 Å². The van der Waals surface area contributed by atoms with E-state index in [2.05, 4.69) is 220 Å². The first-order valence-corrected chi connectivity index (χ1v) is 20.6. The highest BCUT2D eigenvalue weighted by atomic mass is 15.3. The second kappa shape index (κ2) is 12.8. The lowest BCUT2D eigenvalue weighted by atomic mass is 9.31. The minimum atomic E-state index is -0.117. The molecule has 278 valence electrons. The van der Waals surface area contributed by atoms with Crippen LogP contribution in [0.15, 0.2) is 206 Å². The maximum absolute atomic E-state index is 5.98. The molecular weight excluding hydrogens is 730 g/mol. The Bertz CT molecular complexity index is 2940. The smallest absolute Gasteiger partial charge is 0.256 e. The maximum Gasteiger partial charge on any atom is 0.256 e. The minimum Gasteiger partial charge on any atom is -0.311 e. The van der Waals surface area contributed by atoms with E-state index in [-0.39, 0.29) is 13.4 Å². The topological polar surface area (TPSA) is 38.7 Å². The second-order valence-electron chi connectivity index (χ2n) is 15.8. The maximum atomic E-state index is 5.98. The Kier molecular flexibility index (Phi) is 7.10. The Morgan fingerprint density at radius 3 is 1.20 bits per heavy atom. The summed E-state index contributed by atoms with van der Waals surface area (Å²) in [6.07, 6.45) is 1.92. The van der Waals surface area contributed by atoms with E-state index in [1.807, 2.05) is 6.20 Å². The van der Waals surface area contributed by atoms with E-state index in [4.69, 9.17) is 9.97 Å². The molecule has 0 amide bonds. The average molecular weight is 765 g/mol. The number of aromatic nitrogens is 2. The van der Waals surface area contributed by atoms with Crippen molar-refractivity contribution in [3.05, 3.63) is 206 Å². The molecule has 0 N–H and O–H groups in total. The number of para-hydroxylation sites is 5. The number of hydrogen-bond donors (Lipinski definition) is 0. The van der Waals surface area contributed by atoms with Gasteiger partial charge < -0.3 is 4.90 Å². The van der Waals surface area contributed by atoms with Gasteiger partial charge in [-0.15, -0.1) is 0 Å². The Labute approximate surface area is 349 Å². The molecule has 0 bridgehead atoms. The fraction of sp³-hybridized carbons (Fsp3) is 0. The van der Waals surface area contributed by atoms with E-state index in [9.17, 15) is 0 Å². The van der Waals surface area contributed by atoms with Crippen molar-refractivity contribution in [3.63, 3.8) is 0 Å². The van der Waals surface area contributed by atoms with Gasteiger partial charge in [-0.05, 0) is 118 Å². The highest BCUT2D eigenvalue weighted by Gasteiger charge is 2.48. The van der Waals surface area contributed by atoms with Crippen LogP contribution in [0.3, 0.4) is 0 Å². The monoisotopic (exact) mass is 764 g/mol. The van der Waals surface area contributed by atoms with Gasteiger partial charge in [0.15, 0.2) is 0 Å². The first-order chi connectivity index (χ1) is 29.8. The van der Waals surface area contributed by atoms with E-state index in [0.29, 0.717) is 0 Å². The number of fused-ring (bicyclic) bond motifs is 8. The van der Waals surface area contributed by atoms with Crippen LogP contribution >= 0.6 is 0 Å². The number of nitrogens with zero attached hydrogens (tertiary/aromatic N) is 6. The molecule has 9 aromatic rings. The molecule has 60 heavy (non-hydrogen) atoms. The molecule has 13 rings (SSSR count). The normalized spacial score (nSPS) is 13.8. The van der Waals surface area contributed by atoms with Gasteiger partial charge in [0.2, 0.25) is 0 Å². The first-order valence-electron chi connectivity index (χ1n) is 20.6. The zero-order valence-corrected chi connectivity index (χ0v) is 32.5. The van der Waals surface area contributed by atoms with E-state index >= 15 is 0 Å². The third-order valence-electron chi connectivity index (χ3n) is 12.6. The number of benzene rings is 7. The van der Waals surface area contributed by atoms with Gasteiger partial charge in [-0.3, -0.25) is 14.7 Å². The lowest BCUT2D eigenvalue weighted by molar-refractivity contribution is 1.13. The number of hydrogen-bond acceptors (Lipinski definition) is 6. The van der Waals surface area contributed by atoms with Crippen molar-refractivity contribution in [2.45, 2.75) is 0 Å². The predicted octanol–water partition coefficient (Wildman–Crippen LogP) is 8.64. The second-order valence-corrected chi connectivity index (χ2v) is 15.8. The molecule has 0 saturated heterocycles. The fourth-order valence-corrected chi connectivity index (χ4v) is 10.3. The summed E-state index contributed by atoms with van der Waals surface area (Å²) in [4.78, 5) is 20.7. The van der Waals surface area contributed by atoms with E-state index in [1.54, 1.807) is 0 Å². The molecule has 0 fully saturated rings. The third-order valence-corrected chi connectivity index (χ3v) is 12.6. The molecule has 0 radical (unpaired) electrons. The summed E-state index contributed by atoms with van der Waals surface area (Å²) in [5, 5.41) is 0. The van der Waals surface area contributed by atoms with Crippen LogP contribution in [0.1, 0.15) is 0 Å². The van der Waals surface area contributed by atoms with Gasteiger partial charge in [0.1, 0.15) is 17.5 Å². The van der Waals surface area contributed by atoms with Crippen LogP contribution in [0.4, 0.5) is 68.6 Å². The number of pyridine rings is 2.